The normalized spacial score (nSPS) is 12.3. The lowest BCUT2D eigenvalue weighted by molar-refractivity contribution is -0.126. The molecular formula is C17H17ClN2O5S. The van der Waals surface area contributed by atoms with Crippen LogP contribution in [0.2, 0.25) is 5.02 Å². The van der Waals surface area contributed by atoms with E-state index in [2.05, 4.69) is 0 Å². The molecule has 2 aromatic rings. The minimum atomic E-state index is -4.10. The third-order valence-electron chi connectivity index (χ3n) is 3.58. The van der Waals surface area contributed by atoms with Gasteiger partial charge in [-0.3, -0.25) is 4.79 Å². The highest BCUT2D eigenvalue weighted by Crippen LogP contribution is 2.22. The van der Waals surface area contributed by atoms with Crippen LogP contribution < -0.4 is 10.0 Å². The second kappa shape index (κ2) is 7.86. The van der Waals surface area contributed by atoms with E-state index in [1.165, 1.54) is 24.0 Å². The Morgan fingerprint density at radius 3 is 2.35 bits per heavy atom. The van der Waals surface area contributed by atoms with Crippen LogP contribution in [0.5, 0.6) is 0 Å². The number of ether oxygens (including phenoxy) is 1. The maximum absolute atomic E-state index is 12.4. The Morgan fingerprint density at radius 2 is 1.77 bits per heavy atom. The van der Waals surface area contributed by atoms with Crippen molar-refractivity contribution in [2.24, 2.45) is 5.14 Å². The topological polar surface area (TPSA) is 107 Å². The number of hydrogen-bond acceptors (Lipinski definition) is 5. The summed E-state index contributed by atoms with van der Waals surface area (Å²) in [5.41, 5.74) is 0.559. The Morgan fingerprint density at radius 1 is 1.15 bits per heavy atom. The number of carbonyl (C=O) groups excluding carboxylic acids is 2. The molecule has 0 saturated heterocycles. The molecule has 7 nitrogen and oxygen atoms in total. The molecule has 0 aliphatic heterocycles. The molecule has 138 valence electrons. The van der Waals surface area contributed by atoms with E-state index in [1.807, 2.05) is 6.07 Å². The molecule has 1 amide bonds. The third kappa shape index (κ3) is 4.60. The first-order chi connectivity index (χ1) is 12.1. The van der Waals surface area contributed by atoms with Gasteiger partial charge >= 0.3 is 5.97 Å². The number of para-hydroxylation sites is 1. The van der Waals surface area contributed by atoms with Crippen molar-refractivity contribution in [1.29, 1.82) is 0 Å². The monoisotopic (exact) mass is 396 g/mol. The molecule has 2 aromatic carbocycles. The lowest BCUT2D eigenvalue weighted by Crippen LogP contribution is -2.37. The van der Waals surface area contributed by atoms with E-state index in [1.54, 1.807) is 31.3 Å². The first kappa shape index (κ1) is 19.9. The van der Waals surface area contributed by atoms with E-state index in [0.717, 1.165) is 6.07 Å². The summed E-state index contributed by atoms with van der Waals surface area (Å²) >= 11 is 5.78. The molecular weight excluding hydrogens is 380 g/mol. The lowest BCUT2D eigenvalue weighted by atomic mass is 10.2. The largest absolute Gasteiger partial charge is 0.449 e. The van der Waals surface area contributed by atoms with Gasteiger partial charge in [0.2, 0.25) is 10.0 Å². The number of amides is 1. The van der Waals surface area contributed by atoms with Gasteiger partial charge in [0.1, 0.15) is 4.90 Å². The Balaban J connectivity index is 2.15. The van der Waals surface area contributed by atoms with E-state index in [-0.39, 0.29) is 10.6 Å². The van der Waals surface area contributed by atoms with Gasteiger partial charge in [0.25, 0.3) is 5.91 Å². The molecule has 9 heteroatoms. The fourth-order valence-electron chi connectivity index (χ4n) is 2.18. The molecule has 0 saturated carbocycles. The van der Waals surface area contributed by atoms with Crippen molar-refractivity contribution in [2.45, 2.75) is 17.9 Å². The summed E-state index contributed by atoms with van der Waals surface area (Å²) in [6, 6.07) is 12.4. The zero-order valence-corrected chi connectivity index (χ0v) is 15.6. The van der Waals surface area contributed by atoms with E-state index in [0.29, 0.717) is 5.69 Å². The van der Waals surface area contributed by atoms with Gasteiger partial charge in [-0.25, -0.2) is 18.4 Å². The van der Waals surface area contributed by atoms with Gasteiger partial charge in [-0.05, 0) is 37.3 Å². The van der Waals surface area contributed by atoms with Crippen molar-refractivity contribution in [1.82, 2.24) is 0 Å². The molecule has 0 unspecified atom stereocenters. The van der Waals surface area contributed by atoms with Crippen LogP contribution in [0.15, 0.2) is 53.4 Å². The van der Waals surface area contributed by atoms with Crippen molar-refractivity contribution < 1.29 is 22.7 Å². The van der Waals surface area contributed by atoms with Crippen LogP contribution in [0.3, 0.4) is 0 Å². The average Bonchev–Trinajstić information content (AvgIpc) is 2.60. The zero-order chi connectivity index (χ0) is 19.5. The molecule has 1 atom stereocenters. The third-order valence-corrected chi connectivity index (χ3v) is 4.97. The van der Waals surface area contributed by atoms with Crippen molar-refractivity contribution in [3.05, 3.63) is 59.1 Å². The maximum Gasteiger partial charge on any atom is 0.338 e. The Labute approximate surface area is 156 Å². The Bertz CT molecular complexity index is 931. The molecule has 0 aliphatic carbocycles. The van der Waals surface area contributed by atoms with Crippen LogP contribution in [-0.2, 0) is 19.6 Å². The van der Waals surface area contributed by atoms with Gasteiger partial charge in [-0.15, -0.1) is 0 Å². The maximum atomic E-state index is 12.4. The van der Waals surface area contributed by atoms with Gasteiger partial charge in [0, 0.05) is 12.7 Å². The van der Waals surface area contributed by atoms with Crippen molar-refractivity contribution >= 4 is 39.2 Å². The summed E-state index contributed by atoms with van der Waals surface area (Å²) in [4.78, 5) is 25.6. The Kier molecular flexibility index (Phi) is 6.01. The van der Waals surface area contributed by atoms with Gasteiger partial charge in [0.15, 0.2) is 6.10 Å². The van der Waals surface area contributed by atoms with Gasteiger partial charge in [0.05, 0.1) is 10.6 Å². The summed E-state index contributed by atoms with van der Waals surface area (Å²) in [7, 11) is -2.54. The van der Waals surface area contributed by atoms with Crippen LogP contribution in [0.4, 0.5) is 5.69 Å². The van der Waals surface area contributed by atoms with Crippen LogP contribution in [0.25, 0.3) is 0 Å². The summed E-state index contributed by atoms with van der Waals surface area (Å²) in [5, 5.41) is 4.94. The number of halogens is 1. The molecule has 0 fully saturated rings. The fraction of sp³-hybridized carbons (Fsp3) is 0.176. The highest BCUT2D eigenvalue weighted by Gasteiger charge is 2.24. The molecule has 2 N–H and O–H groups in total. The van der Waals surface area contributed by atoms with Crippen LogP contribution in [0, 0.1) is 0 Å². The number of benzene rings is 2. The summed E-state index contributed by atoms with van der Waals surface area (Å²) in [5.74, 6) is -1.31. The first-order valence-corrected chi connectivity index (χ1v) is 9.39. The number of anilines is 1. The molecule has 0 aliphatic rings. The number of hydrogen-bond donors (Lipinski definition) is 1. The summed E-state index contributed by atoms with van der Waals surface area (Å²) in [6.07, 6.45) is -1.08. The van der Waals surface area contributed by atoms with Crippen LogP contribution in [-0.4, -0.2) is 33.4 Å². The summed E-state index contributed by atoms with van der Waals surface area (Å²) < 4.78 is 28.1. The smallest absolute Gasteiger partial charge is 0.338 e. The van der Waals surface area contributed by atoms with Crippen LogP contribution >= 0.6 is 11.6 Å². The second-order valence-corrected chi connectivity index (χ2v) is 7.41. The number of likely N-dealkylation sites (N-methyl/N-ethyl adjacent to an activating group) is 1. The second-order valence-electron chi connectivity index (χ2n) is 5.47. The number of rotatable bonds is 5. The summed E-state index contributed by atoms with van der Waals surface area (Å²) in [6.45, 7) is 1.43. The molecule has 0 aromatic heterocycles. The highest BCUT2D eigenvalue weighted by atomic mass is 35.5. The number of nitrogens with zero attached hydrogens (tertiary/aromatic N) is 1. The SMILES string of the molecule is C[C@H](OC(=O)c1ccc(Cl)c(S(N)(=O)=O)c1)C(=O)N(C)c1ccccc1. The molecule has 0 heterocycles. The number of esters is 1. The first-order valence-electron chi connectivity index (χ1n) is 7.47. The number of sulfonamides is 1. The minimum absolute atomic E-state index is 0.0829. The molecule has 0 bridgehead atoms. The quantitative estimate of drug-likeness (QED) is 0.779. The minimum Gasteiger partial charge on any atom is -0.449 e. The number of nitrogens with two attached hydrogens (primary N) is 1. The van der Waals surface area contributed by atoms with Crippen molar-refractivity contribution in [2.75, 3.05) is 11.9 Å². The molecule has 0 spiro atoms. The van der Waals surface area contributed by atoms with Crippen molar-refractivity contribution in [3.8, 4) is 0 Å². The number of carbonyl (C=O) groups is 2. The molecule has 0 radical (unpaired) electrons. The fourth-order valence-corrected chi connectivity index (χ4v) is 3.25. The zero-order valence-electron chi connectivity index (χ0n) is 14.0. The number of primary sulfonamides is 1. The van der Waals surface area contributed by atoms with E-state index in [4.69, 9.17) is 21.5 Å². The van der Waals surface area contributed by atoms with Gasteiger partial charge < -0.3 is 9.64 Å². The predicted molar refractivity (Wildman–Crippen MR) is 97.6 cm³/mol. The van der Waals surface area contributed by atoms with Gasteiger partial charge in [-0.1, -0.05) is 29.8 Å². The van der Waals surface area contributed by atoms with E-state index in [9.17, 15) is 18.0 Å². The highest BCUT2D eigenvalue weighted by molar-refractivity contribution is 7.89. The van der Waals surface area contributed by atoms with Crippen LogP contribution in [0.1, 0.15) is 17.3 Å². The van der Waals surface area contributed by atoms with E-state index >= 15 is 0 Å². The molecule has 26 heavy (non-hydrogen) atoms. The molecule has 2 rings (SSSR count). The van der Waals surface area contributed by atoms with Crippen molar-refractivity contribution in [3.63, 3.8) is 0 Å². The lowest BCUT2D eigenvalue weighted by Gasteiger charge is -2.21. The Hall–Kier alpha value is -2.42. The van der Waals surface area contributed by atoms with E-state index < -0.39 is 32.9 Å². The standard InChI is InChI=1S/C17H17ClN2O5S/c1-11(16(21)20(2)13-6-4-3-5-7-13)25-17(22)12-8-9-14(18)15(10-12)26(19,23)24/h3-11H,1-2H3,(H2,19,23,24)/t11-/m0/s1. The average molecular weight is 397 g/mol. The van der Waals surface area contributed by atoms with Gasteiger partial charge in [-0.2, -0.15) is 0 Å². The predicted octanol–water partition coefficient (Wildman–Crippen LogP) is 2.20.